The van der Waals surface area contributed by atoms with Crippen molar-refractivity contribution in [3.05, 3.63) is 40.9 Å². The van der Waals surface area contributed by atoms with Gasteiger partial charge in [0.1, 0.15) is 11.5 Å². The Morgan fingerprint density at radius 3 is 2.81 bits per heavy atom. The Hall–Kier alpha value is -1.52. The lowest BCUT2D eigenvalue weighted by molar-refractivity contribution is 1.20. The lowest BCUT2D eigenvalue weighted by Gasteiger charge is -1.95. The topological polar surface area (TPSA) is 43.3 Å². The summed E-state index contributed by atoms with van der Waals surface area (Å²) in [4.78, 5) is 5.54. The zero-order valence-corrected chi connectivity index (χ0v) is 9.79. The monoisotopic (exact) mass is 249 g/mol. The fourth-order valence-electron chi connectivity index (χ4n) is 1.60. The highest BCUT2D eigenvalue weighted by Crippen LogP contribution is 2.30. The largest absolute Gasteiger partial charge is 0.385 e. The standard InChI is InChI=1S/C11H8ClN3S/c12-9-5-4-8(16-9)7-6-15-10(13)2-1-3-11(15)14-7/h1-6H,13H2. The van der Waals surface area contributed by atoms with Crippen molar-refractivity contribution in [2.24, 2.45) is 0 Å². The van der Waals surface area contributed by atoms with E-state index in [-0.39, 0.29) is 0 Å². The number of thiophene rings is 1. The maximum absolute atomic E-state index is 5.90. The first-order valence-electron chi connectivity index (χ1n) is 4.73. The molecule has 0 amide bonds. The number of hydrogen-bond acceptors (Lipinski definition) is 3. The predicted octanol–water partition coefficient (Wildman–Crippen LogP) is 3.30. The van der Waals surface area contributed by atoms with Crippen LogP contribution in [0, 0.1) is 0 Å². The number of rotatable bonds is 1. The van der Waals surface area contributed by atoms with Gasteiger partial charge in [0, 0.05) is 6.20 Å². The number of nitrogen functional groups attached to an aromatic ring is 1. The van der Waals surface area contributed by atoms with Gasteiger partial charge in [-0.2, -0.15) is 0 Å². The van der Waals surface area contributed by atoms with Crippen molar-refractivity contribution in [2.75, 3.05) is 5.73 Å². The Labute approximate surface area is 101 Å². The lowest BCUT2D eigenvalue weighted by Crippen LogP contribution is -1.93. The molecule has 3 rings (SSSR count). The van der Waals surface area contributed by atoms with E-state index in [1.54, 1.807) is 0 Å². The zero-order valence-electron chi connectivity index (χ0n) is 8.22. The molecule has 0 saturated heterocycles. The van der Waals surface area contributed by atoms with Crippen molar-refractivity contribution >= 4 is 34.4 Å². The minimum atomic E-state index is 0.680. The molecule has 0 bridgehead atoms. The van der Waals surface area contributed by atoms with Crippen LogP contribution < -0.4 is 5.73 Å². The minimum Gasteiger partial charge on any atom is -0.385 e. The smallest absolute Gasteiger partial charge is 0.139 e. The summed E-state index contributed by atoms with van der Waals surface area (Å²) in [7, 11) is 0. The van der Waals surface area contributed by atoms with Crippen molar-refractivity contribution in [1.82, 2.24) is 9.38 Å². The maximum atomic E-state index is 5.90. The predicted molar refractivity (Wildman–Crippen MR) is 67.9 cm³/mol. The van der Waals surface area contributed by atoms with Crippen LogP contribution in [0.4, 0.5) is 5.82 Å². The van der Waals surface area contributed by atoms with E-state index in [9.17, 15) is 0 Å². The molecular formula is C11H8ClN3S. The highest BCUT2D eigenvalue weighted by Gasteiger charge is 2.07. The number of anilines is 1. The number of nitrogens with two attached hydrogens (primary N) is 1. The molecule has 2 N–H and O–H groups in total. The average molecular weight is 250 g/mol. The first kappa shape index (κ1) is 9.69. The summed E-state index contributed by atoms with van der Waals surface area (Å²) in [5, 5.41) is 0. The highest BCUT2D eigenvalue weighted by atomic mass is 35.5. The van der Waals surface area contributed by atoms with Gasteiger partial charge in [0.05, 0.1) is 14.9 Å². The number of imidazole rings is 1. The first-order valence-corrected chi connectivity index (χ1v) is 5.93. The molecule has 80 valence electrons. The molecular weight excluding hydrogens is 242 g/mol. The van der Waals surface area contributed by atoms with Gasteiger partial charge in [0.2, 0.25) is 0 Å². The summed E-state index contributed by atoms with van der Waals surface area (Å²) in [6, 6.07) is 9.50. The van der Waals surface area contributed by atoms with Gasteiger partial charge in [-0.25, -0.2) is 4.98 Å². The van der Waals surface area contributed by atoms with Gasteiger partial charge >= 0.3 is 0 Å². The van der Waals surface area contributed by atoms with Gasteiger partial charge in [0.25, 0.3) is 0 Å². The molecule has 5 heteroatoms. The molecule has 0 fully saturated rings. The number of pyridine rings is 1. The summed E-state index contributed by atoms with van der Waals surface area (Å²) in [5.74, 6) is 0.680. The SMILES string of the molecule is Nc1cccc2nc(-c3ccc(Cl)s3)cn12. The molecule has 0 aliphatic carbocycles. The molecule has 0 unspecified atom stereocenters. The highest BCUT2D eigenvalue weighted by molar-refractivity contribution is 7.19. The van der Waals surface area contributed by atoms with Gasteiger partial charge < -0.3 is 5.73 Å². The Morgan fingerprint density at radius 1 is 1.25 bits per heavy atom. The second kappa shape index (κ2) is 3.50. The van der Waals surface area contributed by atoms with Gasteiger partial charge in [-0.3, -0.25) is 4.40 Å². The second-order valence-corrected chi connectivity index (χ2v) is 5.12. The molecule has 16 heavy (non-hydrogen) atoms. The second-order valence-electron chi connectivity index (χ2n) is 3.41. The van der Waals surface area contributed by atoms with Crippen LogP contribution in [-0.2, 0) is 0 Å². The summed E-state index contributed by atoms with van der Waals surface area (Å²) < 4.78 is 2.63. The van der Waals surface area contributed by atoms with Crippen molar-refractivity contribution in [1.29, 1.82) is 0 Å². The van der Waals surface area contributed by atoms with E-state index >= 15 is 0 Å². The third-order valence-electron chi connectivity index (χ3n) is 2.35. The number of aromatic nitrogens is 2. The Bertz CT molecular complexity index is 656. The van der Waals surface area contributed by atoms with Crippen LogP contribution in [0.2, 0.25) is 4.34 Å². The lowest BCUT2D eigenvalue weighted by atomic mass is 10.4. The van der Waals surface area contributed by atoms with E-state index in [1.165, 1.54) is 11.3 Å². The van der Waals surface area contributed by atoms with Crippen LogP contribution in [0.5, 0.6) is 0 Å². The summed E-state index contributed by atoms with van der Waals surface area (Å²) in [6.45, 7) is 0. The van der Waals surface area contributed by atoms with E-state index in [0.717, 1.165) is 20.6 Å². The summed E-state index contributed by atoms with van der Waals surface area (Å²) >= 11 is 7.41. The van der Waals surface area contributed by atoms with Gasteiger partial charge in [-0.05, 0) is 24.3 Å². The third-order valence-corrected chi connectivity index (χ3v) is 3.60. The van der Waals surface area contributed by atoms with Crippen LogP contribution in [0.1, 0.15) is 0 Å². The van der Waals surface area contributed by atoms with E-state index < -0.39 is 0 Å². The molecule has 0 saturated carbocycles. The van der Waals surface area contributed by atoms with Crippen LogP contribution >= 0.6 is 22.9 Å². The molecule has 0 aliphatic heterocycles. The maximum Gasteiger partial charge on any atom is 0.139 e. The van der Waals surface area contributed by atoms with Crippen molar-refractivity contribution < 1.29 is 0 Å². The molecule has 3 aromatic rings. The van der Waals surface area contributed by atoms with Crippen LogP contribution in [0.25, 0.3) is 16.2 Å². The third kappa shape index (κ3) is 1.47. The Morgan fingerprint density at radius 2 is 2.12 bits per heavy atom. The molecule has 3 aromatic heterocycles. The molecule has 0 radical (unpaired) electrons. The van der Waals surface area contributed by atoms with Crippen molar-refractivity contribution in [3.63, 3.8) is 0 Å². The Kier molecular flexibility index (Phi) is 2.12. The molecule has 3 heterocycles. The Balaban J connectivity index is 2.22. The van der Waals surface area contributed by atoms with E-state index in [4.69, 9.17) is 17.3 Å². The summed E-state index contributed by atoms with van der Waals surface area (Å²) in [5.41, 5.74) is 7.60. The van der Waals surface area contributed by atoms with Gasteiger partial charge in [-0.15, -0.1) is 11.3 Å². The van der Waals surface area contributed by atoms with Gasteiger partial charge in [0.15, 0.2) is 0 Å². The number of hydrogen-bond donors (Lipinski definition) is 1. The fraction of sp³-hybridized carbons (Fsp3) is 0. The number of nitrogens with zero attached hydrogens (tertiary/aromatic N) is 2. The van der Waals surface area contributed by atoms with E-state index in [1.807, 2.05) is 40.9 Å². The summed E-state index contributed by atoms with van der Waals surface area (Å²) in [6.07, 6.45) is 1.92. The van der Waals surface area contributed by atoms with Crippen molar-refractivity contribution in [3.8, 4) is 10.6 Å². The average Bonchev–Trinajstić information content (AvgIpc) is 2.84. The molecule has 0 spiro atoms. The quantitative estimate of drug-likeness (QED) is 0.719. The van der Waals surface area contributed by atoms with Crippen LogP contribution in [-0.4, -0.2) is 9.38 Å². The first-order chi connectivity index (χ1) is 7.74. The molecule has 3 nitrogen and oxygen atoms in total. The van der Waals surface area contributed by atoms with Crippen molar-refractivity contribution in [2.45, 2.75) is 0 Å². The molecule has 0 aliphatic rings. The van der Waals surface area contributed by atoms with Gasteiger partial charge in [-0.1, -0.05) is 17.7 Å². The number of fused-ring (bicyclic) bond motifs is 1. The number of halogens is 1. The molecule has 0 atom stereocenters. The molecule has 0 aromatic carbocycles. The van der Waals surface area contributed by atoms with Crippen LogP contribution in [0.3, 0.4) is 0 Å². The normalized spacial score (nSPS) is 11.1. The minimum absolute atomic E-state index is 0.680. The zero-order chi connectivity index (χ0) is 11.1. The van der Waals surface area contributed by atoms with E-state index in [0.29, 0.717) is 5.82 Å². The van der Waals surface area contributed by atoms with E-state index in [2.05, 4.69) is 4.98 Å². The fourth-order valence-corrected chi connectivity index (χ4v) is 2.60. The van der Waals surface area contributed by atoms with Crippen LogP contribution in [0.15, 0.2) is 36.5 Å².